The van der Waals surface area contributed by atoms with Gasteiger partial charge in [-0.05, 0) is 43.7 Å². The number of hydrogen-bond donors (Lipinski definition) is 2. The van der Waals surface area contributed by atoms with Gasteiger partial charge >= 0.3 is 0 Å². The molecule has 142 valence electrons. The van der Waals surface area contributed by atoms with E-state index in [1.54, 1.807) is 0 Å². The molecule has 0 spiro atoms. The number of carbonyl (C=O) groups is 2. The first-order chi connectivity index (χ1) is 12.3. The number of rotatable bonds is 6. The summed E-state index contributed by atoms with van der Waals surface area (Å²) < 4.78 is 27.0. The Hall–Kier alpha value is -1.77. The van der Waals surface area contributed by atoms with Crippen LogP contribution in [0.1, 0.15) is 36.5 Å². The van der Waals surface area contributed by atoms with Crippen LogP contribution in [0.2, 0.25) is 0 Å². The second-order valence-electron chi connectivity index (χ2n) is 7.19. The van der Waals surface area contributed by atoms with E-state index in [1.807, 2.05) is 4.90 Å². The Bertz CT molecular complexity index is 791. The van der Waals surface area contributed by atoms with Gasteiger partial charge in [0.15, 0.2) is 5.78 Å². The molecule has 0 radical (unpaired) electrons. The first-order valence-corrected chi connectivity index (χ1v) is 10.4. The van der Waals surface area contributed by atoms with Crippen LogP contribution in [0.25, 0.3) is 0 Å². The van der Waals surface area contributed by atoms with E-state index < -0.39 is 10.0 Å². The van der Waals surface area contributed by atoms with Crippen LogP contribution in [-0.4, -0.2) is 50.7 Å². The molecule has 1 saturated carbocycles. The number of hydrogen-bond acceptors (Lipinski definition) is 5. The van der Waals surface area contributed by atoms with Crippen LogP contribution in [0.3, 0.4) is 0 Å². The van der Waals surface area contributed by atoms with Crippen molar-refractivity contribution in [2.24, 2.45) is 17.6 Å². The van der Waals surface area contributed by atoms with Gasteiger partial charge in [-0.25, -0.2) is 13.1 Å². The fourth-order valence-electron chi connectivity index (χ4n) is 3.91. The molecule has 1 aliphatic heterocycles. The Morgan fingerprint density at radius 3 is 2.50 bits per heavy atom. The molecule has 26 heavy (non-hydrogen) atoms. The molecule has 1 saturated heterocycles. The molecular formula is C18H25N3O4S. The van der Waals surface area contributed by atoms with Crippen molar-refractivity contribution in [3.8, 4) is 0 Å². The third kappa shape index (κ3) is 3.97. The summed E-state index contributed by atoms with van der Waals surface area (Å²) in [5, 5.41) is 0. The fourth-order valence-corrected chi connectivity index (χ4v) is 4.95. The van der Waals surface area contributed by atoms with Crippen molar-refractivity contribution >= 4 is 21.7 Å². The fraction of sp³-hybridized carbons (Fsp3) is 0.556. The lowest BCUT2D eigenvalue weighted by molar-refractivity contribution is -0.130. The third-order valence-electron chi connectivity index (χ3n) is 5.47. The average Bonchev–Trinajstić information content (AvgIpc) is 3.17. The van der Waals surface area contributed by atoms with Crippen molar-refractivity contribution in [1.82, 2.24) is 9.62 Å². The molecule has 1 heterocycles. The minimum absolute atomic E-state index is 0.0405. The molecular weight excluding hydrogens is 354 g/mol. The lowest BCUT2D eigenvalue weighted by Gasteiger charge is -2.19. The first-order valence-electron chi connectivity index (χ1n) is 8.92. The van der Waals surface area contributed by atoms with Gasteiger partial charge in [0.05, 0.1) is 4.90 Å². The number of amides is 1. The van der Waals surface area contributed by atoms with Gasteiger partial charge in [0.1, 0.15) is 0 Å². The van der Waals surface area contributed by atoms with Crippen molar-refractivity contribution in [2.75, 3.05) is 19.6 Å². The molecule has 1 aromatic carbocycles. The molecule has 2 fully saturated rings. The second-order valence-corrected chi connectivity index (χ2v) is 8.96. The topological polar surface area (TPSA) is 110 Å². The van der Waals surface area contributed by atoms with Crippen LogP contribution in [0.4, 0.5) is 0 Å². The SMILES string of the molecule is CC(=O)c1ccc(S(=O)(=O)NCCC(=O)N2CC3CCC(N)C3C2)cc1. The number of Topliss-reactive ketones (excluding diaryl/α,β-unsaturated/α-hetero) is 1. The molecule has 3 N–H and O–H groups in total. The highest BCUT2D eigenvalue weighted by Crippen LogP contribution is 2.37. The van der Waals surface area contributed by atoms with Crippen LogP contribution in [0.15, 0.2) is 29.2 Å². The zero-order valence-corrected chi connectivity index (χ0v) is 15.7. The molecule has 1 aliphatic carbocycles. The summed E-state index contributed by atoms with van der Waals surface area (Å²) in [4.78, 5) is 25.5. The molecule has 1 amide bonds. The summed E-state index contributed by atoms with van der Waals surface area (Å²) >= 11 is 0. The van der Waals surface area contributed by atoms with E-state index in [4.69, 9.17) is 5.73 Å². The van der Waals surface area contributed by atoms with Gasteiger partial charge < -0.3 is 10.6 Å². The van der Waals surface area contributed by atoms with Gasteiger partial charge in [-0.3, -0.25) is 9.59 Å². The van der Waals surface area contributed by atoms with Gasteiger partial charge in [0.25, 0.3) is 0 Å². The maximum absolute atomic E-state index is 12.3. The first kappa shape index (κ1) is 19.0. The monoisotopic (exact) mass is 379 g/mol. The van der Waals surface area contributed by atoms with E-state index in [9.17, 15) is 18.0 Å². The van der Waals surface area contributed by atoms with E-state index in [0.717, 1.165) is 19.4 Å². The molecule has 3 rings (SSSR count). The molecule has 7 nitrogen and oxygen atoms in total. The van der Waals surface area contributed by atoms with E-state index in [2.05, 4.69) is 4.72 Å². The lowest BCUT2D eigenvalue weighted by atomic mass is 9.98. The lowest BCUT2D eigenvalue weighted by Crippen LogP contribution is -2.35. The Kier molecular flexibility index (Phi) is 5.45. The van der Waals surface area contributed by atoms with Crippen molar-refractivity contribution in [2.45, 2.75) is 37.1 Å². The average molecular weight is 379 g/mol. The molecule has 1 aromatic rings. The number of nitrogens with zero attached hydrogens (tertiary/aromatic N) is 1. The summed E-state index contributed by atoms with van der Waals surface area (Å²) in [6, 6.07) is 5.92. The van der Waals surface area contributed by atoms with Crippen molar-refractivity contribution in [3.63, 3.8) is 0 Å². The summed E-state index contributed by atoms with van der Waals surface area (Å²) in [7, 11) is -3.70. The van der Waals surface area contributed by atoms with Gasteiger partial charge in [0.2, 0.25) is 15.9 Å². The van der Waals surface area contributed by atoms with Gasteiger partial charge in [-0.1, -0.05) is 12.1 Å². The predicted octanol–water partition coefficient (Wildman–Crippen LogP) is 0.753. The summed E-state index contributed by atoms with van der Waals surface area (Å²) in [6.45, 7) is 2.89. The highest BCUT2D eigenvalue weighted by Gasteiger charge is 2.42. The minimum atomic E-state index is -3.70. The van der Waals surface area contributed by atoms with Gasteiger partial charge in [-0.15, -0.1) is 0 Å². The van der Waals surface area contributed by atoms with E-state index in [1.165, 1.54) is 31.2 Å². The highest BCUT2D eigenvalue weighted by atomic mass is 32.2. The minimum Gasteiger partial charge on any atom is -0.342 e. The Morgan fingerprint density at radius 1 is 1.19 bits per heavy atom. The second kappa shape index (κ2) is 7.46. The Morgan fingerprint density at radius 2 is 1.88 bits per heavy atom. The number of nitrogens with two attached hydrogens (primary N) is 1. The molecule has 0 aromatic heterocycles. The van der Waals surface area contributed by atoms with Crippen LogP contribution in [-0.2, 0) is 14.8 Å². The van der Waals surface area contributed by atoms with Crippen LogP contribution in [0.5, 0.6) is 0 Å². The zero-order valence-electron chi connectivity index (χ0n) is 14.8. The van der Waals surface area contributed by atoms with Crippen LogP contribution in [0, 0.1) is 11.8 Å². The molecule has 3 atom stereocenters. The smallest absolute Gasteiger partial charge is 0.240 e. The number of fused-ring (bicyclic) bond motifs is 1. The van der Waals surface area contributed by atoms with Crippen LogP contribution >= 0.6 is 0 Å². The van der Waals surface area contributed by atoms with Gasteiger partial charge in [0, 0.05) is 37.7 Å². The zero-order chi connectivity index (χ0) is 18.9. The predicted molar refractivity (Wildman–Crippen MR) is 97.0 cm³/mol. The Balaban J connectivity index is 1.51. The van der Waals surface area contributed by atoms with E-state index >= 15 is 0 Å². The maximum atomic E-state index is 12.3. The number of sulfonamides is 1. The highest BCUT2D eigenvalue weighted by molar-refractivity contribution is 7.89. The van der Waals surface area contributed by atoms with Crippen molar-refractivity contribution < 1.29 is 18.0 Å². The number of benzene rings is 1. The normalized spacial score (nSPS) is 25.3. The third-order valence-corrected chi connectivity index (χ3v) is 6.94. The van der Waals surface area contributed by atoms with E-state index in [-0.39, 0.29) is 35.6 Å². The maximum Gasteiger partial charge on any atom is 0.240 e. The van der Waals surface area contributed by atoms with Crippen molar-refractivity contribution in [3.05, 3.63) is 29.8 Å². The largest absolute Gasteiger partial charge is 0.342 e. The number of nitrogens with one attached hydrogen (secondary N) is 1. The van der Waals surface area contributed by atoms with E-state index in [0.29, 0.717) is 23.9 Å². The summed E-state index contributed by atoms with van der Waals surface area (Å²) in [5.41, 5.74) is 6.54. The molecule has 8 heteroatoms. The number of ketones is 1. The quantitative estimate of drug-likeness (QED) is 0.709. The number of likely N-dealkylation sites (tertiary alicyclic amines) is 1. The number of carbonyl (C=O) groups excluding carboxylic acids is 2. The molecule has 3 unspecified atom stereocenters. The van der Waals surface area contributed by atoms with Gasteiger partial charge in [-0.2, -0.15) is 0 Å². The molecule has 0 bridgehead atoms. The Labute approximate surface area is 154 Å². The van der Waals surface area contributed by atoms with Crippen molar-refractivity contribution in [1.29, 1.82) is 0 Å². The van der Waals surface area contributed by atoms with Crippen LogP contribution < -0.4 is 10.5 Å². The standard InChI is InChI=1S/C18H25N3O4S/c1-12(22)13-2-5-15(6-3-13)26(24,25)20-9-8-18(23)21-10-14-4-7-17(19)16(14)11-21/h2-3,5-6,14,16-17,20H,4,7-11,19H2,1H3. The summed E-state index contributed by atoms with van der Waals surface area (Å²) in [6.07, 6.45) is 2.22. The molecule has 2 aliphatic rings. The summed E-state index contributed by atoms with van der Waals surface area (Å²) in [5.74, 6) is 0.713.